The van der Waals surface area contributed by atoms with Crippen LogP contribution in [0.5, 0.6) is 0 Å². The Kier molecular flexibility index (Phi) is 5.64. The van der Waals surface area contributed by atoms with Gasteiger partial charge in [-0.25, -0.2) is 0 Å². The van der Waals surface area contributed by atoms with Crippen LogP contribution in [-0.4, -0.2) is 48.6 Å². The lowest BCUT2D eigenvalue weighted by molar-refractivity contribution is 0.216. The van der Waals surface area contributed by atoms with Crippen LogP contribution in [0.4, 0.5) is 0 Å². The van der Waals surface area contributed by atoms with Crippen molar-refractivity contribution in [1.82, 2.24) is 10.2 Å². The topological polar surface area (TPSA) is 15.3 Å². The molecule has 2 rings (SSSR count). The zero-order valence-electron chi connectivity index (χ0n) is 11.5. The van der Waals surface area contributed by atoms with Gasteiger partial charge in [0.25, 0.3) is 0 Å². The summed E-state index contributed by atoms with van der Waals surface area (Å²) >= 11 is 2.10. The Morgan fingerprint density at radius 3 is 2.71 bits per heavy atom. The van der Waals surface area contributed by atoms with E-state index >= 15 is 0 Å². The van der Waals surface area contributed by atoms with Gasteiger partial charge < -0.3 is 10.2 Å². The summed E-state index contributed by atoms with van der Waals surface area (Å²) in [5.41, 5.74) is 0. The van der Waals surface area contributed by atoms with E-state index in [1.54, 1.807) is 0 Å². The van der Waals surface area contributed by atoms with Crippen molar-refractivity contribution in [3.05, 3.63) is 0 Å². The molecular formula is C14H28N2S. The molecule has 0 aromatic rings. The van der Waals surface area contributed by atoms with Gasteiger partial charge in [0.05, 0.1) is 0 Å². The Morgan fingerprint density at radius 1 is 1.18 bits per heavy atom. The number of thioether (sulfide) groups is 1. The minimum Gasteiger partial charge on any atom is -0.312 e. The van der Waals surface area contributed by atoms with E-state index in [4.69, 9.17) is 0 Å². The van der Waals surface area contributed by atoms with Crippen molar-refractivity contribution in [1.29, 1.82) is 0 Å². The highest BCUT2D eigenvalue weighted by atomic mass is 32.2. The second-order valence-corrected chi connectivity index (χ2v) is 7.13. The minimum absolute atomic E-state index is 0.776. The predicted molar refractivity (Wildman–Crippen MR) is 77.7 cm³/mol. The fourth-order valence-corrected chi connectivity index (χ4v) is 4.03. The molecule has 0 radical (unpaired) electrons. The van der Waals surface area contributed by atoms with Crippen molar-refractivity contribution in [3.63, 3.8) is 0 Å². The van der Waals surface area contributed by atoms with E-state index in [2.05, 4.69) is 35.8 Å². The third-order valence-electron chi connectivity index (χ3n) is 4.40. The average molecular weight is 256 g/mol. The van der Waals surface area contributed by atoms with Gasteiger partial charge in [-0.15, -0.1) is 0 Å². The molecule has 0 amide bonds. The number of hydrogen-bond acceptors (Lipinski definition) is 3. The first-order valence-electron chi connectivity index (χ1n) is 7.29. The largest absolute Gasteiger partial charge is 0.312 e. The van der Waals surface area contributed by atoms with E-state index < -0.39 is 0 Å². The summed E-state index contributed by atoms with van der Waals surface area (Å²) in [5.74, 6) is 4.46. The first-order chi connectivity index (χ1) is 8.25. The molecule has 3 unspecified atom stereocenters. The summed E-state index contributed by atoms with van der Waals surface area (Å²) in [6.07, 6.45) is 4.24. The first kappa shape index (κ1) is 13.7. The summed E-state index contributed by atoms with van der Waals surface area (Å²) < 4.78 is 0. The molecular weight excluding hydrogens is 228 g/mol. The van der Waals surface area contributed by atoms with Crippen molar-refractivity contribution in [3.8, 4) is 0 Å². The molecule has 1 saturated carbocycles. The van der Waals surface area contributed by atoms with Crippen molar-refractivity contribution in [2.75, 3.05) is 37.7 Å². The maximum absolute atomic E-state index is 3.80. The zero-order valence-corrected chi connectivity index (χ0v) is 12.3. The van der Waals surface area contributed by atoms with E-state index in [1.165, 1.54) is 56.9 Å². The van der Waals surface area contributed by atoms with Crippen LogP contribution in [0.3, 0.4) is 0 Å². The van der Waals surface area contributed by atoms with Crippen LogP contribution in [0.25, 0.3) is 0 Å². The van der Waals surface area contributed by atoms with E-state index in [-0.39, 0.29) is 0 Å². The third-order valence-corrected chi connectivity index (χ3v) is 5.34. The molecule has 1 aliphatic carbocycles. The van der Waals surface area contributed by atoms with Gasteiger partial charge in [-0.2, -0.15) is 11.8 Å². The van der Waals surface area contributed by atoms with E-state index in [9.17, 15) is 0 Å². The Bertz CT molecular complexity index is 216. The summed E-state index contributed by atoms with van der Waals surface area (Å²) in [4.78, 5) is 2.61. The number of nitrogens with zero attached hydrogens (tertiary/aromatic N) is 1. The number of rotatable bonds is 4. The molecule has 1 saturated heterocycles. The second kappa shape index (κ2) is 7.01. The normalized spacial score (nSPS) is 36.0. The molecule has 100 valence electrons. The van der Waals surface area contributed by atoms with Crippen LogP contribution in [-0.2, 0) is 0 Å². The van der Waals surface area contributed by atoms with Gasteiger partial charge in [-0.1, -0.05) is 20.3 Å². The molecule has 0 bridgehead atoms. The third kappa shape index (κ3) is 4.46. The Morgan fingerprint density at radius 2 is 1.94 bits per heavy atom. The van der Waals surface area contributed by atoms with Crippen LogP contribution >= 0.6 is 11.8 Å². The van der Waals surface area contributed by atoms with Crippen LogP contribution in [0.2, 0.25) is 0 Å². The molecule has 1 N–H and O–H groups in total. The molecule has 0 spiro atoms. The minimum atomic E-state index is 0.776. The second-order valence-electron chi connectivity index (χ2n) is 5.91. The Labute approximate surface area is 111 Å². The summed E-state index contributed by atoms with van der Waals surface area (Å²) in [6, 6.07) is 0.776. The SMILES string of the molecule is CC1CCC(C)C(NCCN2CCSCC2)C1. The molecule has 1 aliphatic heterocycles. The van der Waals surface area contributed by atoms with Gasteiger partial charge in [0.1, 0.15) is 0 Å². The standard InChI is InChI=1S/C14H28N2S/c1-12-3-4-13(2)14(11-12)15-5-6-16-7-9-17-10-8-16/h12-15H,3-11H2,1-2H3. The fourth-order valence-electron chi connectivity index (χ4n) is 3.05. The lowest BCUT2D eigenvalue weighted by Gasteiger charge is -2.34. The molecule has 3 atom stereocenters. The van der Waals surface area contributed by atoms with Crippen LogP contribution in [0.15, 0.2) is 0 Å². The van der Waals surface area contributed by atoms with E-state index in [0.29, 0.717) is 0 Å². The van der Waals surface area contributed by atoms with Crippen molar-refractivity contribution >= 4 is 11.8 Å². The number of hydrogen-bond donors (Lipinski definition) is 1. The highest BCUT2D eigenvalue weighted by molar-refractivity contribution is 7.99. The van der Waals surface area contributed by atoms with Gasteiger partial charge in [0.2, 0.25) is 0 Å². The van der Waals surface area contributed by atoms with Gasteiger partial charge in [0, 0.05) is 43.7 Å². The van der Waals surface area contributed by atoms with Crippen LogP contribution in [0.1, 0.15) is 33.1 Å². The molecule has 2 aliphatic rings. The van der Waals surface area contributed by atoms with Gasteiger partial charge in [-0.3, -0.25) is 0 Å². The molecule has 0 aromatic heterocycles. The maximum Gasteiger partial charge on any atom is 0.0108 e. The van der Waals surface area contributed by atoms with E-state index in [0.717, 1.165) is 17.9 Å². The molecule has 2 nitrogen and oxygen atoms in total. The highest BCUT2D eigenvalue weighted by Gasteiger charge is 2.24. The fraction of sp³-hybridized carbons (Fsp3) is 1.00. The highest BCUT2D eigenvalue weighted by Crippen LogP contribution is 2.28. The summed E-state index contributed by atoms with van der Waals surface area (Å²) in [5, 5.41) is 3.80. The Hall–Kier alpha value is 0.270. The summed E-state index contributed by atoms with van der Waals surface area (Å²) in [6.45, 7) is 9.85. The first-order valence-corrected chi connectivity index (χ1v) is 8.44. The van der Waals surface area contributed by atoms with E-state index in [1.807, 2.05) is 0 Å². The molecule has 2 fully saturated rings. The Balaban J connectivity index is 1.63. The van der Waals surface area contributed by atoms with Gasteiger partial charge >= 0.3 is 0 Å². The van der Waals surface area contributed by atoms with Crippen molar-refractivity contribution in [2.24, 2.45) is 11.8 Å². The maximum atomic E-state index is 3.80. The average Bonchev–Trinajstić information content (AvgIpc) is 2.35. The van der Waals surface area contributed by atoms with Crippen molar-refractivity contribution < 1.29 is 0 Å². The molecule has 3 heteroatoms. The zero-order chi connectivity index (χ0) is 12.1. The quantitative estimate of drug-likeness (QED) is 0.832. The number of nitrogens with one attached hydrogen (secondary N) is 1. The monoisotopic (exact) mass is 256 g/mol. The van der Waals surface area contributed by atoms with Crippen LogP contribution < -0.4 is 5.32 Å². The van der Waals surface area contributed by atoms with Crippen LogP contribution in [0, 0.1) is 11.8 Å². The van der Waals surface area contributed by atoms with Gasteiger partial charge in [-0.05, 0) is 24.7 Å². The smallest absolute Gasteiger partial charge is 0.0108 e. The van der Waals surface area contributed by atoms with Crippen molar-refractivity contribution in [2.45, 2.75) is 39.2 Å². The lowest BCUT2D eigenvalue weighted by Crippen LogP contribution is -2.44. The molecule has 1 heterocycles. The van der Waals surface area contributed by atoms with Gasteiger partial charge in [0.15, 0.2) is 0 Å². The lowest BCUT2D eigenvalue weighted by atomic mass is 9.80. The molecule has 0 aromatic carbocycles. The molecule has 17 heavy (non-hydrogen) atoms. The summed E-state index contributed by atoms with van der Waals surface area (Å²) in [7, 11) is 0. The predicted octanol–water partition coefficient (Wildman–Crippen LogP) is 2.45.